The number of imide groups is 1. The number of carbonyl (C=O) groups excluding carboxylic acids is 2. The van der Waals surface area contributed by atoms with Gasteiger partial charge in [-0.2, -0.15) is 10.2 Å². The van der Waals surface area contributed by atoms with E-state index in [1.807, 2.05) is 19.1 Å². The molecule has 2 aromatic rings. The van der Waals surface area contributed by atoms with Gasteiger partial charge in [0.2, 0.25) is 0 Å². The summed E-state index contributed by atoms with van der Waals surface area (Å²) < 4.78 is 0. The summed E-state index contributed by atoms with van der Waals surface area (Å²) in [5.74, 6) is -0.882. The third-order valence-electron chi connectivity index (χ3n) is 3.35. The minimum absolute atomic E-state index is 0.0144. The molecule has 7 nitrogen and oxygen atoms in total. The van der Waals surface area contributed by atoms with Crippen LogP contribution in [-0.4, -0.2) is 45.2 Å². The van der Waals surface area contributed by atoms with Crippen molar-refractivity contribution < 1.29 is 14.7 Å². The number of carbonyl (C=O) groups is 2. The molecule has 2 amide bonds. The topological polar surface area (TPSA) is 95.4 Å². The molecule has 2 heterocycles. The Hall–Kier alpha value is -2.80. The highest BCUT2D eigenvalue weighted by Gasteiger charge is 2.30. The molecule has 0 fully saturated rings. The van der Waals surface area contributed by atoms with E-state index in [0.29, 0.717) is 11.2 Å². The molecule has 0 spiro atoms. The normalized spacial score (nSPS) is 14.6. The number of nitrogens with zero attached hydrogens (tertiary/aromatic N) is 3. The van der Waals surface area contributed by atoms with Crippen LogP contribution in [0.4, 0.5) is 5.69 Å². The van der Waals surface area contributed by atoms with E-state index < -0.39 is 11.8 Å². The first-order valence-corrected chi connectivity index (χ1v) is 6.78. The fourth-order valence-corrected chi connectivity index (χ4v) is 2.33. The van der Waals surface area contributed by atoms with Crippen molar-refractivity contribution >= 4 is 28.4 Å². The quantitative estimate of drug-likeness (QED) is 0.802. The van der Waals surface area contributed by atoms with Gasteiger partial charge in [0.05, 0.1) is 24.4 Å². The van der Waals surface area contributed by atoms with Crippen LogP contribution in [-0.2, 0) is 9.59 Å². The smallest absolute Gasteiger partial charge is 0.277 e. The van der Waals surface area contributed by atoms with Gasteiger partial charge in [-0.15, -0.1) is 0 Å². The molecule has 1 aliphatic rings. The van der Waals surface area contributed by atoms with E-state index in [-0.39, 0.29) is 18.8 Å². The van der Waals surface area contributed by atoms with Crippen molar-refractivity contribution in [3.05, 3.63) is 41.7 Å². The summed E-state index contributed by atoms with van der Waals surface area (Å²) in [5.41, 5.74) is 2.31. The molecule has 1 aromatic carbocycles. The van der Waals surface area contributed by atoms with Gasteiger partial charge in [-0.05, 0) is 25.1 Å². The fourth-order valence-electron chi connectivity index (χ4n) is 2.33. The molecule has 22 heavy (non-hydrogen) atoms. The number of aromatic nitrogens is 2. The number of β-amino-alcohol motifs (C(OH)–C–C–N with tert-alkyl or cyclic N) is 1. The van der Waals surface area contributed by atoms with Gasteiger partial charge in [-0.3, -0.25) is 14.5 Å². The summed E-state index contributed by atoms with van der Waals surface area (Å²) in [4.78, 5) is 24.9. The van der Waals surface area contributed by atoms with Crippen LogP contribution in [0.3, 0.4) is 0 Å². The molecule has 0 aliphatic carbocycles. The summed E-state index contributed by atoms with van der Waals surface area (Å²) >= 11 is 0. The number of benzene rings is 1. The monoisotopic (exact) mass is 298 g/mol. The molecule has 1 aliphatic heterocycles. The molecular formula is C15H14N4O3. The van der Waals surface area contributed by atoms with Crippen molar-refractivity contribution in [2.24, 2.45) is 0 Å². The number of hydrogen-bond donors (Lipinski definition) is 2. The van der Waals surface area contributed by atoms with E-state index in [9.17, 15) is 9.59 Å². The average Bonchev–Trinajstić information content (AvgIpc) is 2.76. The molecule has 0 saturated heterocycles. The largest absolute Gasteiger partial charge is 0.395 e. The van der Waals surface area contributed by atoms with Crippen LogP contribution in [0.15, 0.2) is 36.0 Å². The van der Waals surface area contributed by atoms with E-state index in [0.717, 1.165) is 16.0 Å². The minimum Gasteiger partial charge on any atom is -0.395 e. The molecule has 1 aromatic heterocycles. The highest BCUT2D eigenvalue weighted by molar-refractivity contribution is 6.18. The first-order valence-electron chi connectivity index (χ1n) is 6.78. The van der Waals surface area contributed by atoms with Gasteiger partial charge < -0.3 is 10.4 Å². The predicted octanol–water partition coefficient (Wildman–Crippen LogP) is 0.595. The third-order valence-corrected chi connectivity index (χ3v) is 3.35. The molecule has 0 radical (unpaired) electrons. The van der Waals surface area contributed by atoms with Gasteiger partial charge in [0.15, 0.2) is 0 Å². The maximum Gasteiger partial charge on any atom is 0.277 e. The van der Waals surface area contributed by atoms with Crippen molar-refractivity contribution in [2.75, 3.05) is 18.5 Å². The number of anilines is 1. The number of aliphatic hydroxyl groups excluding tert-OH is 1. The van der Waals surface area contributed by atoms with Crippen LogP contribution in [0.1, 0.15) is 5.69 Å². The van der Waals surface area contributed by atoms with Crippen molar-refractivity contribution in [3.8, 4) is 0 Å². The first-order chi connectivity index (χ1) is 10.6. The van der Waals surface area contributed by atoms with Crippen molar-refractivity contribution in [2.45, 2.75) is 6.92 Å². The van der Waals surface area contributed by atoms with Crippen LogP contribution >= 0.6 is 0 Å². The number of nitrogens with one attached hydrogen (secondary N) is 1. The zero-order valence-corrected chi connectivity index (χ0v) is 11.9. The predicted molar refractivity (Wildman–Crippen MR) is 79.8 cm³/mol. The SMILES string of the molecule is Cc1cc2c(NC3=CC(=O)N(CCO)C3=O)cccc2nn1. The molecule has 2 N–H and O–H groups in total. The van der Waals surface area contributed by atoms with Gasteiger partial charge in [0.25, 0.3) is 11.8 Å². The third kappa shape index (κ3) is 2.42. The van der Waals surface area contributed by atoms with Crippen LogP contribution in [0.2, 0.25) is 0 Å². The van der Waals surface area contributed by atoms with E-state index in [4.69, 9.17) is 5.11 Å². The molecule has 112 valence electrons. The molecular weight excluding hydrogens is 284 g/mol. The zero-order valence-electron chi connectivity index (χ0n) is 11.9. The average molecular weight is 298 g/mol. The van der Waals surface area contributed by atoms with Gasteiger partial charge >= 0.3 is 0 Å². The Morgan fingerprint density at radius 1 is 1.27 bits per heavy atom. The van der Waals surface area contributed by atoms with Crippen LogP contribution in [0.25, 0.3) is 10.9 Å². The van der Waals surface area contributed by atoms with Gasteiger partial charge in [-0.25, -0.2) is 0 Å². The van der Waals surface area contributed by atoms with Crippen LogP contribution in [0, 0.1) is 6.92 Å². The summed E-state index contributed by atoms with van der Waals surface area (Å²) in [6.45, 7) is 1.55. The van der Waals surface area contributed by atoms with E-state index in [1.165, 1.54) is 6.08 Å². The Kier molecular flexibility index (Phi) is 3.56. The Morgan fingerprint density at radius 3 is 2.86 bits per heavy atom. The Labute approximate surface area is 126 Å². The number of aryl methyl sites for hydroxylation is 1. The van der Waals surface area contributed by atoms with Crippen LogP contribution < -0.4 is 5.32 Å². The molecule has 0 atom stereocenters. The summed E-state index contributed by atoms with van der Waals surface area (Å²) in [6, 6.07) is 7.28. The second-order valence-corrected chi connectivity index (χ2v) is 4.93. The maximum atomic E-state index is 12.1. The molecule has 0 unspecified atom stereocenters. The van der Waals surface area contributed by atoms with Crippen molar-refractivity contribution in [3.63, 3.8) is 0 Å². The standard InChI is InChI=1S/C15H14N4O3/c1-9-7-10-11(3-2-4-12(10)18-17-9)16-13-8-14(21)19(5-6-20)15(13)22/h2-4,7-8,16,20H,5-6H2,1H3. The van der Waals surface area contributed by atoms with Crippen molar-refractivity contribution in [1.82, 2.24) is 15.1 Å². The fraction of sp³-hybridized carbons (Fsp3) is 0.200. The molecule has 7 heteroatoms. The summed E-state index contributed by atoms with van der Waals surface area (Å²) in [7, 11) is 0. The zero-order chi connectivity index (χ0) is 15.7. The second-order valence-electron chi connectivity index (χ2n) is 4.93. The first kappa shape index (κ1) is 14.2. The lowest BCUT2D eigenvalue weighted by atomic mass is 10.1. The second kappa shape index (κ2) is 5.53. The van der Waals surface area contributed by atoms with E-state index >= 15 is 0 Å². The number of hydrogen-bond acceptors (Lipinski definition) is 6. The van der Waals surface area contributed by atoms with Crippen molar-refractivity contribution in [1.29, 1.82) is 0 Å². The lowest BCUT2D eigenvalue weighted by Crippen LogP contribution is -2.34. The Bertz CT molecular complexity index is 800. The highest BCUT2D eigenvalue weighted by atomic mass is 16.3. The lowest BCUT2D eigenvalue weighted by Gasteiger charge is -2.14. The summed E-state index contributed by atoms with van der Waals surface area (Å²) in [6.07, 6.45) is 1.23. The Morgan fingerprint density at radius 2 is 2.09 bits per heavy atom. The lowest BCUT2D eigenvalue weighted by molar-refractivity contribution is -0.137. The number of amides is 2. The molecule has 0 bridgehead atoms. The van der Waals surface area contributed by atoms with Gasteiger partial charge in [0.1, 0.15) is 5.70 Å². The van der Waals surface area contributed by atoms with Gasteiger partial charge in [0, 0.05) is 17.1 Å². The molecule has 3 rings (SSSR count). The number of rotatable bonds is 4. The van der Waals surface area contributed by atoms with E-state index in [2.05, 4.69) is 15.5 Å². The maximum absolute atomic E-state index is 12.1. The number of fused-ring (bicyclic) bond motifs is 1. The highest BCUT2D eigenvalue weighted by Crippen LogP contribution is 2.25. The van der Waals surface area contributed by atoms with E-state index in [1.54, 1.807) is 12.1 Å². The van der Waals surface area contributed by atoms with Gasteiger partial charge in [-0.1, -0.05) is 6.07 Å². The Balaban J connectivity index is 1.94. The molecule has 0 saturated carbocycles. The summed E-state index contributed by atoms with van der Waals surface area (Å²) in [5, 5.41) is 20.8. The van der Waals surface area contributed by atoms with Crippen LogP contribution in [0.5, 0.6) is 0 Å². The minimum atomic E-state index is -0.449. The number of aliphatic hydroxyl groups is 1.